The summed E-state index contributed by atoms with van der Waals surface area (Å²) in [7, 11) is -1.92. The fourth-order valence-electron chi connectivity index (χ4n) is 4.24. The van der Waals surface area contributed by atoms with E-state index in [1.54, 1.807) is 36.5 Å². The largest absolute Gasteiger partial charge is 0.465 e. The highest BCUT2D eigenvalue weighted by molar-refractivity contribution is 7.89. The smallest absolute Gasteiger partial charge is 0.404 e. The van der Waals surface area contributed by atoms with Crippen LogP contribution in [0, 0.1) is 0 Å². The first-order valence-corrected chi connectivity index (χ1v) is 13.4. The second-order valence-electron chi connectivity index (χ2n) is 8.21. The number of imidazole rings is 1. The summed E-state index contributed by atoms with van der Waals surface area (Å²) in [4.78, 5) is 25.5. The summed E-state index contributed by atoms with van der Waals surface area (Å²) in [6, 6.07) is 5.30. The normalized spacial score (nSPS) is 18.5. The zero-order chi connectivity index (χ0) is 24.3. The summed E-state index contributed by atoms with van der Waals surface area (Å²) in [5.41, 5.74) is 1.28. The fraction of sp³-hybridized carbons (Fsp3) is 0.409. The molecule has 12 heteroatoms. The third-order valence-corrected chi connectivity index (χ3v) is 8.75. The molecule has 0 aliphatic heterocycles. The minimum Gasteiger partial charge on any atom is -0.465 e. The maximum atomic E-state index is 13.1. The van der Waals surface area contributed by atoms with Crippen molar-refractivity contribution in [3.05, 3.63) is 41.8 Å². The van der Waals surface area contributed by atoms with Gasteiger partial charge in [0.25, 0.3) is 0 Å². The van der Waals surface area contributed by atoms with Gasteiger partial charge in [-0.3, -0.25) is 0 Å². The molecule has 3 aromatic rings. The summed E-state index contributed by atoms with van der Waals surface area (Å²) in [5, 5.41) is 12.4. The molecule has 4 N–H and O–H groups in total. The quantitative estimate of drug-likeness (QED) is 0.365. The van der Waals surface area contributed by atoms with Gasteiger partial charge in [0.2, 0.25) is 16.0 Å². The monoisotopic (exact) mass is 504 g/mol. The lowest BCUT2D eigenvalue weighted by Crippen LogP contribution is -2.36. The molecule has 0 bridgehead atoms. The highest BCUT2D eigenvalue weighted by Crippen LogP contribution is 2.40. The Balaban J connectivity index is 1.63. The van der Waals surface area contributed by atoms with E-state index < -0.39 is 16.1 Å². The number of aromatic amines is 1. The molecule has 0 unspecified atom stereocenters. The predicted molar refractivity (Wildman–Crippen MR) is 131 cm³/mol. The van der Waals surface area contributed by atoms with Gasteiger partial charge in [0.05, 0.1) is 14.8 Å². The van der Waals surface area contributed by atoms with Crippen LogP contribution in [-0.4, -0.2) is 54.2 Å². The molecule has 0 spiro atoms. The number of aromatic nitrogens is 3. The second kappa shape index (κ2) is 10.1. The van der Waals surface area contributed by atoms with Gasteiger partial charge >= 0.3 is 6.09 Å². The minimum absolute atomic E-state index is 0.0243. The minimum atomic E-state index is -3.74. The Labute approximate surface area is 202 Å². The first kappa shape index (κ1) is 24.2. The number of rotatable bonds is 8. The van der Waals surface area contributed by atoms with E-state index in [1.165, 1.54) is 11.3 Å². The van der Waals surface area contributed by atoms with E-state index >= 15 is 0 Å². The number of amides is 1. The van der Waals surface area contributed by atoms with Crippen LogP contribution in [0.4, 0.5) is 16.4 Å². The van der Waals surface area contributed by atoms with Gasteiger partial charge in [-0.05, 0) is 37.8 Å². The van der Waals surface area contributed by atoms with Gasteiger partial charge in [0.1, 0.15) is 0 Å². The summed E-state index contributed by atoms with van der Waals surface area (Å²) in [5.74, 6) is 0.844. The van der Waals surface area contributed by atoms with Gasteiger partial charge in [-0.1, -0.05) is 13.0 Å². The molecular weight excluding hydrogens is 476 g/mol. The van der Waals surface area contributed by atoms with Crippen molar-refractivity contribution in [2.24, 2.45) is 0 Å². The van der Waals surface area contributed by atoms with E-state index in [-0.39, 0.29) is 23.4 Å². The zero-order valence-corrected chi connectivity index (χ0v) is 20.6. The lowest BCUT2D eigenvalue weighted by atomic mass is 9.86. The van der Waals surface area contributed by atoms with E-state index in [0.29, 0.717) is 17.2 Å². The molecule has 0 atom stereocenters. The Morgan fingerprint density at radius 2 is 2.03 bits per heavy atom. The fourth-order valence-corrected chi connectivity index (χ4v) is 6.71. The van der Waals surface area contributed by atoms with Crippen molar-refractivity contribution in [2.45, 2.75) is 49.5 Å². The van der Waals surface area contributed by atoms with Crippen molar-refractivity contribution >= 4 is 39.1 Å². The molecule has 1 amide bonds. The molecule has 1 aliphatic rings. The summed E-state index contributed by atoms with van der Waals surface area (Å²) < 4.78 is 28.8. The van der Waals surface area contributed by atoms with Gasteiger partial charge in [-0.15, -0.1) is 11.3 Å². The molecule has 0 saturated heterocycles. The van der Waals surface area contributed by atoms with Gasteiger partial charge < -0.3 is 20.3 Å². The Morgan fingerprint density at radius 3 is 2.68 bits per heavy atom. The van der Waals surface area contributed by atoms with Crippen LogP contribution in [0.5, 0.6) is 0 Å². The number of thiazole rings is 1. The van der Waals surface area contributed by atoms with Crippen molar-refractivity contribution in [3.63, 3.8) is 0 Å². The van der Waals surface area contributed by atoms with Crippen LogP contribution < -0.4 is 14.9 Å². The van der Waals surface area contributed by atoms with Crippen molar-refractivity contribution in [1.29, 1.82) is 0 Å². The molecule has 2 aromatic heterocycles. The molecule has 0 radical (unpaired) electrons. The molecule has 182 valence electrons. The van der Waals surface area contributed by atoms with Gasteiger partial charge in [0, 0.05) is 55.4 Å². The van der Waals surface area contributed by atoms with Crippen molar-refractivity contribution < 1.29 is 18.3 Å². The van der Waals surface area contributed by atoms with Crippen LogP contribution in [0.1, 0.15) is 43.5 Å². The number of hydrogen-bond donors (Lipinski definition) is 4. The predicted octanol–water partition coefficient (Wildman–Crippen LogP) is 3.89. The Bertz CT molecular complexity index is 1230. The lowest BCUT2D eigenvalue weighted by molar-refractivity contribution is 0.185. The Kier molecular flexibility index (Phi) is 7.19. The van der Waals surface area contributed by atoms with Crippen LogP contribution in [0.2, 0.25) is 0 Å². The van der Waals surface area contributed by atoms with Crippen LogP contribution >= 0.6 is 11.3 Å². The SMILES string of the molecule is CCNS(=O)(=O)c1cc(N(C)c2ncc[nH]2)ccc1-c1cnc([C@H]2CC[C@H](NC(=O)O)CC2)s1. The maximum absolute atomic E-state index is 13.1. The number of nitrogens with zero attached hydrogens (tertiary/aromatic N) is 3. The third-order valence-electron chi connectivity index (χ3n) is 5.97. The third kappa shape index (κ3) is 5.24. The highest BCUT2D eigenvalue weighted by Gasteiger charge is 2.27. The molecule has 1 aliphatic carbocycles. The molecule has 1 aromatic carbocycles. The lowest BCUT2D eigenvalue weighted by Gasteiger charge is -2.27. The second-order valence-corrected chi connectivity index (χ2v) is 11.0. The van der Waals surface area contributed by atoms with Crippen LogP contribution in [-0.2, 0) is 10.0 Å². The highest BCUT2D eigenvalue weighted by atomic mass is 32.2. The number of sulfonamides is 1. The van der Waals surface area contributed by atoms with Gasteiger partial charge in [-0.2, -0.15) is 0 Å². The van der Waals surface area contributed by atoms with Crippen LogP contribution in [0.15, 0.2) is 41.7 Å². The van der Waals surface area contributed by atoms with Gasteiger partial charge in [-0.25, -0.2) is 27.9 Å². The number of carbonyl (C=O) groups is 1. The molecular formula is C22H28N6O4S2. The van der Waals surface area contributed by atoms with Crippen molar-refractivity contribution in [3.8, 4) is 10.4 Å². The summed E-state index contributed by atoms with van der Waals surface area (Å²) in [6.45, 7) is 2.03. The summed E-state index contributed by atoms with van der Waals surface area (Å²) in [6.07, 6.45) is 7.30. The van der Waals surface area contributed by atoms with Gasteiger partial charge in [0.15, 0.2) is 0 Å². The summed E-state index contributed by atoms with van der Waals surface area (Å²) >= 11 is 1.50. The molecule has 10 nitrogen and oxygen atoms in total. The number of anilines is 2. The van der Waals surface area contributed by atoms with Crippen molar-refractivity contribution in [2.75, 3.05) is 18.5 Å². The number of benzene rings is 1. The first-order chi connectivity index (χ1) is 16.3. The Morgan fingerprint density at radius 1 is 1.26 bits per heavy atom. The Hall–Kier alpha value is -2.96. The molecule has 34 heavy (non-hydrogen) atoms. The van der Waals surface area contributed by atoms with Crippen molar-refractivity contribution in [1.82, 2.24) is 25.0 Å². The van der Waals surface area contributed by atoms with Crippen LogP contribution in [0.25, 0.3) is 10.4 Å². The van der Waals surface area contributed by atoms with E-state index in [1.807, 2.05) is 19.2 Å². The topological polar surface area (TPSA) is 140 Å². The average Bonchev–Trinajstić information content (AvgIpc) is 3.51. The van der Waals surface area contributed by atoms with E-state index in [2.05, 4.69) is 25.0 Å². The zero-order valence-electron chi connectivity index (χ0n) is 19.0. The number of nitrogens with one attached hydrogen (secondary N) is 3. The van der Waals surface area contributed by atoms with E-state index in [4.69, 9.17) is 5.11 Å². The first-order valence-electron chi connectivity index (χ1n) is 11.1. The number of hydrogen-bond acceptors (Lipinski definition) is 7. The molecule has 1 saturated carbocycles. The molecule has 2 heterocycles. The molecule has 1 fully saturated rings. The van der Waals surface area contributed by atoms with E-state index in [0.717, 1.165) is 35.6 Å². The standard InChI is InChI=1S/C22H28N6O4S2/c1-3-26-34(31,32)19-12-16(28(2)21-23-10-11-24-21)8-9-17(19)18-13-25-20(33-18)14-4-6-15(7-5-14)27-22(29)30/h8-15,26-27H,3-7H2,1-2H3,(H,23,24)(H,29,30)/t14-,15-. The molecule has 4 rings (SSSR count). The van der Waals surface area contributed by atoms with Crippen LogP contribution in [0.3, 0.4) is 0 Å². The average molecular weight is 505 g/mol. The number of H-pyrrole nitrogens is 1. The van der Waals surface area contributed by atoms with E-state index in [9.17, 15) is 13.2 Å². The number of carboxylic acid groups (broad SMARTS) is 1. The maximum Gasteiger partial charge on any atom is 0.404 e.